The lowest BCUT2D eigenvalue weighted by Gasteiger charge is -2.30. The second-order valence-corrected chi connectivity index (χ2v) is 8.71. The van der Waals surface area contributed by atoms with Crippen molar-refractivity contribution in [1.29, 1.82) is 0 Å². The van der Waals surface area contributed by atoms with Crippen LogP contribution in [0, 0.1) is 11.8 Å². The average Bonchev–Trinajstić information content (AvgIpc) is 3.07. The number of aliphatic hydroxyl groups excluding tert-OH is 1. The number of allylic oxidation sites excluding steroid dienone is 1. The van der Waals surface area contributed by atoms with Crippen LogP contribution in [0.3, 0.4) is 0 Å². The summed E-state index contributed by atoms with van der Waals surface area (Å²) in [6.45, 7) is 1.56. The molecule has 0 radical (unpaired) electrons. The first kappa shape index (κ1) is 23.7. The molecule has 1 saturated carbocycles. The van der Waals surface area contributed by atoms with Gasteiger partial charge in [-0.25, -0.2) is 4.79 Å². The second kappa shape index (κ2) is 12.8. The minimum atomic E-state index is -0.906. The molecule has 3 rings (SSSR count). The van der Waals surface area contributed by atoms with Crippen LogP contribution in [0.25, 0.3) is 0 Å². The molecule has 0 spiro atoms. The van der Waals surface area contributed by atoms with Gasteiger partial charge in [-0.3, -0.25) is 0 Å². The number of aliphatic carboxylic acids is 1. The molecule has 2 N–H and O–H groups in total. The second-order valence-electron chi connectivity index (χ2n) is 8.71. The van der Waals surface area contributed by atoms with Gasteiger partial charge in [0.1, 0.15) is 0 Å². The summed E-state index contributed by atoms with van der Waals surface area (Å²) < 4.78 is 24.3. The third kappa shape index (κ3) is 7.31. The SMILES string of the molecule is O=C(O)/C=C/CCCC[C@@H]1[C@@H](CO)[C@H](OC2CCCCO2)C[C@@H]1OC1CCCCO1. The summed E-state index contributed by atoms with van der Waals surface area (Å²) in [5, 5.41) is 18.9. The van der Waals surface area contributed by atoms with E-state index in [1.807, 2.05) is 0 Å². The molecule has 172 valence electrons. The van der Waals surface area contributed by atoms with Gasteiger partial charge in [0, 0.05) is 38.2 Å². The van der Waals surface area contributed by atoms with E-state index in [0.29, 0.717) is 0 Å². The first-order valence-electron chi connectivity index (χ1n) is 11.7. The molecule has 3 fully saturated rings. The molecule has 7 nitrogen and oxygen atoms in total. The molecule has 3 aliphatic rings. The molecule has 2 aliphatic heterocycles. The third-order valence-corrected chi connectivity index (χ3v) is 6.53. The number of carbonyl (C=O) groups is 1. The maximum atomic E-state index is 10.6. The van der Waals surface area contributed by atoms with Crippen molar-refractivity contribution in [2.45, 2.75) is 95.4 Å². The standard InChI is InChI=1S/C23H38O7/c24-16-18-17(9-3-1-2-4-10-21(25)26)19(29-22-11-5-7-13-27-22)15-20(18)30-23-12-6-8-14-28-23/h4,10,17-20,22-24H,1-3,5-9,11-16H2,(H,25,26)/b10-4+/t17-,18-,19+,20-,22?,23?/m1/s1. The Morgan fingerprint density at radius 1 is 0.933 bits per heavy atom. The highest BCUT2D eigenvalue weighted by Crippen LogP contribution is 2.41. The van der Waals surface area contributed by atoms with Crippen molar-refractivity contribution in [3.63, 3.8) is 0 Å². The van der Waals surface area contributed by atoms with Crippen molar-refractivity contribution in [1.82, 2.24) is 0 Å². The summed E-state index contributed by atoms with van der Waals surface area (Å²) in [6, 6.07) is 0. The number of carboxylic acids is 1. The Labute approximate surface area is 179 Å². The Balaban J connectivity index is 1.56. The fourth-order valence-corrected chi connectivity index (χ4v) is 4.95. The Morgan fingerprint density at radius 2 is 1.57 bits per heavy atom. The molecule has 0 aromatic carbocycles. The van der Waals surface area contributed by atoms with Gasteiger partial charge in [-0.15, -0.1) is 0 Å². The van der Waals surface area contributed by atoms with E-state index in [1.54, 1.807) is 6.08 Å². The molecule has 2 heterocycles. The molecule has 0 aromatic heterocycles. The molecule has 1 aliphatic carbocycles. The number of hydrogen-bond donors (Lipinski definition) is 2. The molecular weight excluding hydrogens is 388 g/mol. The molecule has 30 heavy (non-hydrogen) atoms. The zero-order valence-electron chi connectivity index (χ0n) is 18.0. The largest absolute Gasteiger partial charge is 0.478 e. The summed E-state index contributed by atoms with van der Waals surface area (Å²) in [7, 11) is 0. The molecule has 6 atom stereocenters. The Morgan fingerprint density at radius 3 is 2.10 bits per heavy atom. The van der Waals surface area contributed by atoms with Crippen LogP contribution < -0.4 is 0 Å². The van der Waals surface area contributed by atoms with Crippen molar-refractivity contribution >= 4 is 5.97 Å². The van der Waals surface area contributed by atoms with E-state index in [-0.39, 0.29) is 43.2 Å². The smallest absolute Gasteiger partial charge is 0.327 e. The topological polar surface area (TPSA) is 94.5 Å². The number of hydrogen-bond acceptors (Lipinski definition) is 6. The van der Waals surface area contributed by atoms with E-state index in [9.17, 15) is 9.90 Å². The predicted molar refractivity (Wildman–Crippen MR) is 111 cm³/mol. The summed E-state index contributed by atoms with van der Waals surface area (Å²) in [5.74, 6) is -0.673. The zero-order valence-corrected chi connectivity index (χ0v) is 18.0. The minimum absolute atomic E-state index is 0.00778. The fourth-order valence-electron chi connectivity index (χ4n) is 4.95. The Bertz CT molecular complexity index is 526. The van der Waals surface area contributed by atoms with Gasteiger partial charge < -0.3 is 29.2 Å². The van der Waals surface area contributed by atoms with Gasteiger partial charge in [0.2, 0.25) is 0 Å². The molecular formula is C23H38O7. The van der Waals surface area contributed by atoms with Crippen molar-refractivity contribution in [3.8, 4) is 0 Å². The monoisotopic (exact) mass is 426 g/mol. The maximum Gasteiger partial charge on any atom is 0.327 e. The first-order chi connectivity index (χ1) is 14.7. The lowest BCUT2D eigenvalue weighted by Crippen LogP contribution is -2.33. The van der Waals surface area contributed by atoms with E-state index in [4.69, 9.17) is 24.1 Å². The van der Waals surface area contributed by atoms with Crippen LogP contribution >= 0.6 is 0 Å². The molecule has 0 aromatic rings. The van der Waals surface area contributed by atoms with E-state index in [1.165, 1.54) is 6.08 Å². The summed E-state index contributed by atoms with van der Waals surface area (Å²) >= 11 is 0. The fraction of sp³-hybridized carbons (Fsp3) is 0.870. The van der Waals surface area contributed by atoms with Crippen LogP contribution in [-0.4, -0.2) is 60.8 Å². The number of unbranched alkanes of at least 4 members (excludes halogenated alkanes) is 2. The maximum absolute atomic E-state index is 10.6. The van der Waals surface area contributed by atoms with Crippen LogP contribution in [0.2, 0.25) is 0 Å². The van der Waals surface area contributed by atoms with Gasteiger partial charge >= 0.3 is 5.97 Å². The Hall–Kier alpha value is -0.990. The van der Waals surface area contributed by atoms with Crippen LogP contribution in [0.4, 0.5) is 0 Å². The van der Waals surface area contributed by atoms with Crippen LogP contribution in [0.1, 0.15) is 70.6 Å². The lowest BCUT2D eigenvalue weighted by atomic mass is 9.89. The van der Waals surface area contributed by atoms with Crippen molar-refractivity contribution in [2.24, 2.45) is 11.8 Å². The zero-order chi connectivity index (χ0) is 21.2. The normalized spacial score (nSPS) is 35.1. The van der Waals surface area contributed by atoms with E-state index < -0.39 is 5.97 Å². The van der Waals surface area contributed by atoms with Crippen LogP contribution in [0.5, 0.6) is 0 Å². The first-order valence-corrected chi connectivity index (χ1v) is 11.7. The third-order valence-electron chi connectivity index (χ3n) is 6.53. The van der Waals surface area contributed by atoms with Gasteiger partial charge in [0.25, 0.3) is 0 Å². The van der Waals surface area contributed by atoms with Gasteiger partial charge in [-0.05, 0) is 63.7 Å². The summed E-state index contributed by atoms with van der Waals surface area (Å²) in [6.07, 6.45) is 13.1. The van der Waals surface area contributed by atoms with Crippen molar-refractivity contribution in [3.05, 3.63) is 12.2 Å². The van der Waals surface area contributed by atoms with Crippen LogP contribution in [0.15, 0.2) is 12.2 Å². The molecule has 0 bridgehead atoms. The van der Waals surface area contributed by atoms with E-state index >= 15 is 0 Å². The predicted octanol–water partition coefficient (Wildman–Crippen LogP) is 3.64. The molecule has 0 amide bonds. The summed E-state index contributed by atoms with van der Waals surface area (Å²) in [5.41, 5.74) is 0. The highest BCUT2D eigenvalue weighted by Gasteiger charge is 2.45. The average molecular weight is 427 g/mol. The molecule has 7 heteroatoms. The summed E-state index contributed by atoms with van der Waals surface area (Å²) in [4.78, 5) is 10.6. The number of carboxylic acid groups (broad SMARTS) is 1. The van der Waals surface area contributed by atoms with Crippen LogP contribution in [-0.2, 0) is 23.7 Å². The van der Waals surface area contributed by atoms with Gasteiger partial charge in [-0.2, -0.15) is 0 Å². The van der Waals surface area contributed by atoms with E-state index in [2.05, 4.69) is 0 Å². The van der Waals surface area contributed by atoms with E-state index in [0.717, 1.165) is 83.8 Å². The molecule has 2 unspecified atom stereocenters. The highest BCUT2D eigenvalue weighted by atomic mass is 16.7. The number of rotatable bonds is 11. The number of ether oxygens (including phenoxy) is 4. The van der Waals surface area contributed by atoms with Gasteiger partial charge in [-0.1, -0.05) is 12.5 Å². The van der Waals surface area contributed by atoms with Crippen molar-refractivity contribution in [2.75, 3.05) is 19.8 Å². The highest BCUT2D eigenvalue weighted by molar-refractivity contribution is 5.79. The lowest BCUT2D eigenvalue weighted by molar-refractivity contribution is -0.204. The van der Waals surface area contributed by atoms with Gasteiger partial charge in [0.05, 0.1) is 12.2 Å². The number of aliphatic hydroxyl groups is 1. The van der Waals surface area contributed by atoms with Gasteiger partial charge in [0.15, 0.2) is 12.6 Å². The Kier molecular flexibility index (Phi) is 10.1. The quantitative estimate of drug-likeness (QED) is 0.385. The minimum Gasteiger partial charge on any atom is -0.478 e. The van der Waals surface area contributed by atoms with Crippen molar-refractivity contribution < 1.29 is 34.0 Å². The molecule has 2 saturated heterocycles.